The Labute approximate surface area is 136 Å². The summed E-state index contributed by atoms with van der Waals surface area (Å²) in [6, 6.07) is 0. The first-order chi connectivity index (χ1) is 8.31. The zero-order chi connectivity index (χ0) is 13.8. The highest BCUT2D eigenvalue weighted by molar-refractivity contribution is 14.0. The van der Waals surface area contributed by atoms with Crippen molar-refractivity contribution < 1.29 is 0 Å². The van der Waals surface area contributed by atoms with E-state index in [0.29, 0.717) is 5.41 Å². The first kappa shape index (κ1) is 19.0. The molecule has 2 unspecified atom stereocenters. The molecule has 1 saturated heterocycles. The molecule has 0 spiro atoms. The molecule has 2 atom stereocenters. The molecule has 0 aromatic heterocycles. The van der Waals surface area contributed by atoms with Gasteiger partial charge in [0, 0.05) is 26.7 Å². The molecule has 0 radical (unpaired) electrons. The van der Waals surface area contributed by atoms with Gasteiger partial charge in [0.25, 0.3) is 0 Å². The lowest BCUT2D eigenvalue weighted by Gasteiger charge is -2.37. The van der Waals surface area contributed by atoms with Gasteiger partial charge in [0.15, 0.2) is 5.96 Å². The second kappa shape index (κ2) is 8.32. The number of hydrogen-bond acceptors (Lipinski definition) is 1. The predicted molar refractivity (Wildman–Crippen MR) is 95.4 cm³/mol. The van der Waals surface area contributed by atoms with E-state index >= 15 is 0 Å². The Morgan fingerprint density at radius 3 is 2.16 bits per heavy atom. The molecule has 1 rings (SSSR count). The van der Waals surface area contributed by atoms with E-state index in [4.69, 9.17) is 0 Å². The first-order valence-electron chi connectivity index (χ1n) is 7.27. The lowest BCUT2D eigenvalue weighted by Crippen LogP contribution is -2.48. The summed E-state index contributed by atoms with van der Waals surface area (Å²) in [6.07, 6.45) is 2.51. The number of guanidine groups is 1. The molecule has 0 amide bonds. The van der Waals surface area contributed by atoms with E-state index in [1.807, 2.05) is 7.05 Å². The smallest absolute Gasteiger partial charge is 0.193 e. The van der Waals surface area contributed by atoms with E-state index in [2.05, 4.69) is 49.8 Å². The molecular formula is C15H32IN3. The van der Waals surface area contributed by atoms with Gasteiger partial charge in [-0.3, -0.25) is 4.99 Å². The van der Waals surface area contributed by atoms with Crippen molar-refractivity contribution >= 4 is 29.9 Å². The highest BCUT2D eigenvalue weighted by Crippen LogP contribution is 2.21. The van der Waals surface area contributed by atoms with Gasteiger partial charge >= 0.3 is 0 Å². The van der Waals surface area contributed by atoms with E-state index in [9.17, 15) is 0 Å². The topological polar surface area (TPSA) is 27.6 Å². The highest BCUT2D eigenvalue weighted by atomic mass is 127. The Hall–Kier alpha value is 0. The Kier molecular flexibility index (Phi) is 8.32. The molecule has 3 nitrogen and oxygen atoms in total. The van der Waals surface area contributed by atoms with Crippen molar-refractivity contribution in [3.05, 3.63) is 0 Å². The van der Waals surface area contributed by atoms with Gasteiger partial charge in [0.2, 0.25) is 0 Å². The maximum absolute atomic E-state index is 4.43. The maximum Gasteiger partial charge on any atom is 0.193 e. The van der Waals surface area contributed by atoms with Gasteiger partial charge in [0.1, 0.15) is 0 Å². The predicted octanol–water partition coefficient (Wildman–Crippen LogP) is 3.59. The lowest BCUT2D eigenvalue weighted by atomic mass is 9.92. The monoisotopic (exact) mass is 381 g/mol. The number of nitrogens with zero attached hydrogens (tertiary/aromatic N) is 2. The number of hydrogen-bond donors (Lipinski definition) is 1. The summed E-state index contributed by atoms with van der Waals surface area (Å²) in [7, 11) is 1.89. The zero-order valence-electron chi connectivity index (χ0n) is 13.5. The van der Waals surface area contributed by atoms with Gasteiger partial charge in [-0.15, -0.1) is 24.0 Å². The van der Waals surface area contributed by atoms with Crippen LogP contribution >= 0.6 is 24.0 Å². The van der Waals surface area contributed by atoms with Gasteiger partial charge in [-0.2, -0.15) is 0 Å². The van der Waals surface area contributed by atoms with E-state index < -0.39 is 0 Å². The summed E-state index contributed by atoms with van der Waals surface area (Å²) in [5, 5.41) is 3.51. The largest absolute Gasteiger partial charge is 0.356 e. The Bertz CT molecular complexity index is 274. The molecule has 114 valence electrons. The van der Waals surface area contributed by atoms with Crippen LogP contribution in [0, 0.1) is 17.3 Å². The third-order valence-corrected chi connectivity index (χ3v) is 3.54. The fourth-order valence-corrected chi connectivity index (χ4v) is 2.72. The summed E-state index contributed by atoms with van der Waals surface area (Å²) in [5.41, 5.74) is 0.383. The van der Waals surface area contributed by atoms with Crippen LogP contribution in [0.15, 0.2) is 4.99 Å². The minimum absolute atomic E-state index is 0. The number of nitrogens with one attached hydrogen (secondary N) is 1. The molecule has 0 aromatic rings. The highest BCUT2D eigenvalue weighted by Gasteiger charge is 2.24. The molecule has 1 fully saturated rings. The van der Waals surface area contributed by atoms with Gasteiger partial charge in [-0.25, -0.2) is 0 Å². The first-order valence-corrected chi connectivity index (χ1v) is 7.27. The second-order valence-electron chi connectivity index (χ2n) is 7.14. The zero-order valence-corrected chi connectivity index (χ0v) is 15.8. The standard InChI is InChI=1S/C15H31N3.HI/c1-12-9-13(2)11-18(10-12)14(16-6)17-8-7-15(3,4)5;/h12-13H,7-11H2,1-6H3,(H,16,17);1H. The van der Waals surface area contributed by atoms with Gasteiger partial charge in [-0.1, -0.05) is 34.6 Å². The van der Waals surface area contributed by atoms with E-state index in [0.717, 1.165) is 37.4 Å². The molecule has 1 aliphatic rings. The third-order valence-electron chi connectivity index (χ3n) is 3.54. The summed E-state index contributed by atoms with van der Waals surface area (Å²) in [5.74, 6) is 2.63. The molecule has 1 heterocycles. The molecule has 0 aromatic carbocycles. The van der Waals surface area contributed by atoms with Crippen molar-refractivity contribution in [3.63, 3.8) is 0 Å². The molecule has 0 saturated carbocycles. The van der Waals surface area contributed by atoms with Crippen LogP contribution in [0.2, 0.25) is 0 Å². The quantitative estimate of drug-likeness (QED) is 0.450. The third kappa shape index (κ3) is 7.37. The summed E-state index contributed by atoms with van der Waals surface area (Å²) in [6.45, 7) is 14.8. The van der Waals surface area contributed by atoms with Crippen LogP contribution < -0.4 is 5.32 Å². The van der Waals surface area contributed by atoms with Crippen molar-refractivity contribution in [1.82, 2.24) is 10.2 Å². The molecule has 1 aliphatic heterocycles. The fourth-order valence-electron chi connectivity index (χ4n) is 2.72. The number of rotatable bonds is 2. The normalized spacial score (nSPS) is 24.9. The number of likely N-dealkylation sites (tertiary alicyclic amines) is 1. The minimum atomic E-state index is 0. The van der Waals surface area contributed by atoms with Crippen molar-refractivity contribution in [2.45, 2.75) is 47.5 Å². The summed E-state index contributed by atoms with van der Waals surface area (Å²) >= 11 is 0. The van der Waals surface area contributed by atoms with Crippen LogP contribution in [0.3, 0.4) is 0 Å². The minimum Gasteiger partial charge on any atom is -0.356 e. The maximum atomic E-state index is 4.43. The van der Waals surface area contributed by atoms with Crippen molar-refractivity contribution in [2.24, 2.45) is 22.2 Å². The number of halogens is 1. The van der Waals surface area contributed by atoms with Crippen molar-refractivity contribution in [1.29, 1.82) is 0 Å². The number of piperidine rings is 1. The average molecular weight is 381 g/mol. The molecule has 0 bridgehead atoms. The molecular weight excluding hydrogens is 349 g/mol. The van der Waals surface area contributed by atoms with Gasteiger partial charge in [0.05, 0.1) is 0 Å². The van der Waals surface area contributed by atoms with Crippen LogP contribution in [0.4, 0.5) is 0 Å². The van der Waals surface area contributed by atoms with Gasteiger partial charge in [-0.05, 0) is 30.1 Å². The Balaban J connectivity index is 0.00000324. The fraction of sp³-hybridized carbons (Fsp3) is 0.933. The van der Waals surface area contributed by atoms with E-state index in [-0.39, 0.29) is 24.0 Å². The van der Waals surface area contributed by atoms with E-state index in [1.165, 1.54) is 12.8 Å². The summed E-state index contributed by atoms with van der Waals surface area (Å²) in [4.78, 5) is 6.85. The summed E-state index contributed by atoms with van der Waals surface area (Å²) < 4.78 is 0. The van der Waals surface area contributed by atoms with Crippen LogP contribution in [0.25, 0.3) is 0 Å². The number of aliphatic imine (C=N–C) groups is 1. The Morgan fingerprint density at radius 1 is 1.21 bits per heavy atom. The Morgan fingerprint density at radius 2 is 1.74 bits per heavy atom. The van der Waals surface area contributed by atoms with Crippen molar-refractivity contribution in [2.75, 3.05) is 26.7 Å². The van der Waals surface area contributed by atoms with Crippen LogP contribution in [-0.4, -0.2) is 37.5 Å². The molecule has 19 heavy (non-hydrogen) atoms. The van der Waals surface area contributed by atoms with Crippen LogP contribution in [0.5, 0.6) is 0 Å². The SMILES string of the molecule is CN=C(NCCC(C)(C)C)N1CC(C)CC(C)C1.I. The van der Waals surface area contributed by atoms with Crippen LogP contribution in [-0.2, 0) is 0 Å². The lowest BCUT2D eigenvalue weighted by molar-refractivity contribution is 0.208. The average Bonchev–Trinajstić information content (AvgIpc) is 2.21. The molecule has 4 heteroatoms. The van der Waals surface area contributed by atoms with E-state index in [1.54, 1.807) is 0 Å². The van der Waals surface area contributed by atoms with Gasteiger partial charge < -0.3 is 10.2 Å². The van der Waals surface area contributed by atoms with Crippen LogP contribution in [0.1, 0.15) is 47.5 Å². The van der Waals surface area contributed by atoms with Crippen molar-refractivity contribution in [3.8, 4) is 0 Å². The second-order valence-corrected chi connectivity index (χ2v) is 7.14. The molecule has 1 N–H and O–H groups in total. The molecule has 0 aliphatic carbocycles.